The average molecular weight is 439 g/mol. The van der Waals surface area contributed by atoms with Crippen LogP contribution in [-0.2, 0) is 17.8 Å². The van der Waals surface area contributed by atoms with Gasteiger partial charge in [0.25, 0.3) is 5.56 Å². The number of aldehydes is 1. The highest BCUT2D eigenvalue weighted by atomic mass is 19.1. The number of fused-ring (bicyclic) bond motifs is 2. The van der Waals surface area contributed by atoms with E-state index in [0.717, 1.165) is 73.9 Å². The number of rotatable bonds is 5. The molecule has 3 aromatic rings. The fourth-order valence-electron chi connectivity index (χ4n) is 5.16. The van der Waals surface area contributed by atoms with Crippen LogP contribution in [-0.4, -0.2) is 45.5 Å². The van der Waals surface area contributed by atoms with Crippen LogP contribution in [0.5, 0.6) is 0 Å². The number of hydrogen-bond acceptors (Lipinski definition) is 6. The van der Waals surface area contributed by atoms with Gasteiger partial charge in [0.05, 0.1) is 11.6 Å². The summed E-state index contributed by atoms with van der Waals surface area (Å²) in [5, 5.41) is 5.11. The van der Waals surface area contributed by atoms with Gasteiger partial charge in [-0.2, -0.15) is 0 Å². The van der Waals surface area contributed by atoms with Crippen LogP contribution in [0.15, 0.2) is 27.5 Å². The second-order valence-corrected chi connectivity index (χ2v) is 8.95. The number of benzene rings is 1. The summed E-state index contributed by atoms with van der Waals surface area (Å²) in [4.78, 5) is 31.4. The van der Waals surface area contributed by atoms with E-state index in [0.29, 0.717) is 24.4 Å². The molecule has 2 aliphatic rings. The second kappa shape index (κ2) is 8.58. The average Bonchev–Trinajstić information content (AvgIpc) is 3.22. The molecule has 0 amide bonds. The standard InChI is InChI=1S/C24H27FN4O3/c1-15-19(24(31)29-9-2-3-17(14-30)23(29)26-15)8-12-28-10-6-16(7-11-28)22-20-5-4-18(25)13-21(20)32-27-22/h4-5,13-14,16-17H,2-3,6-12H2,1H3. The number of carbonyl (C=O) groups excluding carboxylic acids is 1. The third-order valence-corrected chi connectivity index (χ3v) is 7.01. The fourth-order valence-corrected chi connectivity index (χ4v) is 5.16. The zero-order chi connectivity index (χ0) is 22.2. The molecule has 2 aliphatic heterocycles. The molecule has 8 heteroatoms. The molecule has 0 radical (unpaired) electrons. The Bertz CT molecular complexity index is 1210. The maximum atomic E-state index is 13.4. The van der Waals surface area contributed by atoms with E-state index in [4.69, 9.17) is 4.52 Å². The van der Waals surface area contributed by atoms with Crippen LogP contribution in [0.4, 0.5) is 4.39 Å². The minimum absolute atomic E-state index is 0.00948. The third kappa shape index (κ3) is 3.77. The molecular formula is C24H27FN4O3. The number of likely N-dealkylation sites (tertiary alicyclic amines) is 1. The van der Waals surface area contributed by atoms with E-state index in [-0.39, 0.29) is 23.2 Å². The van der Waals surface area contributed by atoms with E-state index < -0.39 is 0 Å². The molecular weight excluding hydrogens is 411 g/mol. The molecule has 0 saturated carbocycles. The van der Waals surface area contributed by atoms with E-state index >= 15 is 0 Å². The van der Waals surface area contributed by atoms with Crippen LogP contribution in [0.3, 0.4) is 0 Å². The van der Waals surface area contributed by atoms with Gasteiger partial charge in [-0.3, -0.25) is 9.36 Å². The Morgan fingerprint density at radius 2 is 2.03 bits per heavy atom. The third-order valence-electron chi connectivity index (χ3n) is 7.01. The highest BCUT2D eigenvalue weighted by Crippen LogP contribution is 2.33. The van der Waals surface area contributed by atoms with Crippen molar-refractivity contribution in [3.8, 4) is 0 Å². The number of piperidine rings is 1. The first-order chi connectivity index (χ1) is 15.5. The van der Waals surface area contributed by atoms with Crippen molar-refractivity contribution in [2.24, 2.45) is 0 Å². The highest BCUT2D eigenvalue weighted by Gasteiger charge is 2.27. The van der Waals surface area contributed by atoms with Crippen molar-refractivity contribution in [3.05, 3.63) is 57.1 Å². The number of hydrogen-bond donors (Lipinski definition) is 0. The zero-order valence-electron chi connectivity index (χ0n) is 18.2. The lowest BCUT2D eigenvalue weighted by atomic mass is 9.91. The molecule has 1 aromatic carbocycles. The van der Waals surface area contributed by atoms with Crippen LogP contribution in [0.25, 0.3) is 11.0 Å². The Morgan fingerprint density at radius 3 is 2.81 bits per heavy atom. The van der Waals surface area contributed by atoms with Gasteiger partial charge in [-0.05, 0) is 64.3 Å². The van der Waals surface area contributed by atoms with E-state index in [1.54, 1.807) is 10.6 Å². The minimum atomic E-state index is -0.320. The van der Waals surface area contributed by atoms with Crippen molar-refractivity contribution >= 4 is 17.3 Å². The van der Waals surface area contributed by atoms with Gasteiger partial charge in [-0.1, -0.05) is 5.16 Å². The Hall–Kier alpha value is -2.87. The SMILES string of the molecule is Cc1nc2n(c(=O)c1CCN1CCC(c3noc4cc(F)ccc34)CC1)CCCC2C=O. The van der Waals surface area contributed by atoms with Gasteiger partial charge in [-0.25, -0.2) is 9.37 Å². The van der Waals surface area contributed by atoms with E-state index in [1.165, 1.54) is 12.1 Å². The topological polar surface area (TPSA) is 81.2 Å². The first-order valence-corrected chi connectivity index (χ1v) is 11.4. The van der Waals surface area contributed by atoms with Crippen LogP contribution >= 0.6 is 0 Å². The molecule has 32 heavy (non-hydrogen) atoms. The summed E-state index contributed by atoms with van der Waals surface area (Å²) in [6.07, 6.45) is 5.05. The first-order valence-electron chi connectivity index (χ1n) is 11.4. The van der Waals surface area contributed by atoms with Crippen molar-refractivity contribution in [2.75, 3.05) is 19.6 Å². The summed E-state index contributed by atoms with van der Waals surface area (Å²) in [5.74, 6) is 0.320. The van der Waals surface area contributed by atoms with Crippen LogP contribution in [0.2, 0.25) is 0 Å². The summed E-state index contributed by atoms with van der Waals surface area (Å²) >= 11 is 0. The van der Waals surface area contributed by atoms with Crippen molar-refractivity contribution in [1.29, 1.82) is 0 Å². The van der Waals surface area contributed by atoms with E-state index in [1.807, 2.05) is 6.92 Å². The van der Waals surface area contributed by atoms with Gasteiger partial charge in [0, 0.05) is 41.7 Å². The summed E-state index contributed by atoms with van der Waals surface area (Å²) < 4.78 is 20.5. The molecule has 168 valence electrons. The summed E-state index contributed by atoms with van der Waals surface area (Å²) in [6, 6.07) is 4.58. The largest absolute Gasteiger partial charge is 0.356 e. The Balaban J connectivity index is 1.24. The maximum Gasteiger partial charge on any atom is 0.256 e. The van der Waals surface area contributed by atoms with Gasteiger partial charge in [0.2, 0.25) is 0 Å². The molecule has 1 atom stereocenters. The van der Waals surface area contributed by atoms with Gasteiger partial charge < -0.3 is 14.2 Å². The predicted molar refractivity (Wildman–Crippen MR) is 117 cm³/mol. The zero-order valence-corrected chi connectivity index (χ0v) is 18.2. The molecule has 0 spiro atoms. The van der Waals surface area contributed by atoms with Crippen molar-refractivity contribution in [2.45, 2.75) is 57.4 Å². The van der Waals surface area contributed by atoms with E-state index in [9.17, 15) is 14.0 Å². The molecule has 1 fully saturated rings. The number of aromatic nitrogens is 3. The fraction of sp³-hybridized carbons (Fsp3) is 0.500. The number of carbonyl (C=O) groups is 1. The van der Waals surface area contributed by atoms with Gasteiger partial charge in [-0.15, -0.1) is 0 Å². The van der Waals surface area contributed by atoms with Crippen molar-refractivity contribution in [1.82, 2.24) is 19.6 Å². The number of nitrogens with zero attached hydrogens (tertiary/aromatic N) is 4. The Morgan fingerprint density at radius 1 is 1.22 bits per heavy atom. The monoisotopic (exact) mass is 438 g/mol. The molecule has 0 bridgehead atoms. The molecule has 7 nitrogen and oxygen atoms in total. The normalized spacial score (nSPS) is 19.9. The quantitative estimate of drug-likeness (QED) is 0.569. The minimum Gasteiger partial charge on any atom is -0.356 e. The van der Waals surface area contributed by atoms with Crippen LogP contribution in [0.1, 0.15) is 60.3 Å². The van der Waals surface area contributed by atoms with E-state index in [2.05, 4.69) is 15.0 Å². The lowest BCUT2D eigenvalue weighted by Gasteiger charge is -2.31. The molecule has 2 aromatic heterocycles. The molecule has 5 rings (SSSR count). The van der Waals surface area contributed by atoms with Crippen molar-refractivity contribution in [3.63, 3.8) is 0 Å². The molecule has 1 saturated heterocycles. The lowest BCUT2D eigenvalue weighted by Crippen LogP contribution is -2.38. The second-order valence-electron chi connectivity index (χ2n) is 8.95. The summed E-state index contributed by atoms with van der Waals surface area (Å²) in [5.41, 5.74) is 2.92. The number of halogens is 1. The smallest absolute Gasteiger partial charge is 0.256 e. The summed E-state index contributed by atoms with van der Waals surface area (Å²) in [6.45, 7) is 5.13. The maximum absolute atomic E-state index is 13.4. The Kier molecular flexibility index (Phi) is 5.63. The van der Waals surface area contributed by atoms with Crippen molar-refractivity contribution < 1.29 is 13.7 Å². The van der Waals surface area contributed by atoms with Crippen LogP contribution in [0, 0.1) is 12.7 Å². The Labute approximate surface area is 185 Å². The molecule has 4 heterocycles. The number of aryl methyl sites for hydroxylation is 1. The van der Waals surface area contributed by atoms with Gasteiger partial charge >= 0.3 is 0 Å². The van der Waals surface area contributed by atoms with Gasteiger partial charge in [0.15, 0.2) is 5.58 Å². The van der Waals surface area contributed by atoms with Gasteiger partial charge in [0.1, 0.15) is 17.9 Å². The lowest BCUT2D eigenvalue weighted by molar-refractivity contribution is -0.109. The van der Waals surface area contributed by atoms with Crippen LogP contribution < -0.4 is 5.56 Å². The predicted octanol–water partition coefficient (Wildman–Crippen LogP) is 3.33. The first kappa shape index (κ1) is 21.0. The molecule has 1 unspecified atom stereocenters. The summed E-state index contributed by atoms with van der Waals surface area (Å²) in [7, 11) is 0. The highest BCUT2D eigenvalue weighted by molar-refractivity contribution is 5.79. The molecule has 0 N–H and O–H groups in total. The molecule has 0 aliphatic carbocycles.